The van der Waals surface area contributed by atoms with Gasteiger partial charge in [-0.2, -0.15) is 4.83 Å². The van der Waals surface area contributed by atoms with Gasteiger partial charge in [0.25, 0.3) is 0 Å². The molecule has 80 valence electrons. The highest BCUT2D eigenvalue weighted by Gasteiger charge is 2.34. The number of aliphatic hydroxyl groups is 1. The molecule has 0 unspecified atom stereocenters. The van der Waals surface area contributed by atoms with E-state index in [1.54, 1.807) is 0 Å². The number of nitrogens with one attached hydrogen (secondary N) is 2. The lowest BCUT2D eigenvalue weighted by Crippen LogP contribution is -2.42. The quantitative estimate of drug-likeness (QED) is 0.488. The van der Waals surface area contributed by atoms with Crippen LogP contribution in [0.25, 0.3) is 0 Å². The molecule has 0 saturated heterocycles. The number of rotatable bonds is 4. The van der Waals surface area contributed by atoms with Crippen molar-refractivity contribution in [2.24, 2.45) is 0 Å². The first-order valence-corrected chi connectivity index (χ1v) is 5.88. The van der Waals surface area contributed by atoms with E-state index in [0.717, 1.165) is 0 Å². The van der Waals surface area contributed by atoms with Gasteiger partial charge < -0.3 is 5.11 Å². The maximum absolute atomic E-state index is 11.0. The van der Waals surface area contributed by atoms with E-state index in [1.807, 2.05) is 4.83 Å². The van der Waals surface area contributed by atoms with Gasteiger partial charge >= 0.3 is 0 Å². The summed E-state index contributed by atoms with van der Waals surface area (Å²) in [4.78, 5) is 1.91. The molecule has 0 radical (unpaired) electrons. The fraction of sp³-hybridized carbons (Fsp3) is 1.00. The Morgan fingerprint density at radius 2 is 1.92 bits per heavy atom. The smallest absolute Gasteiger partial charge is 0.226 e. The second-order valence-corrected chi connectivity index (χ2v) is 6.33. The molecule has 0 rings (SSSR count). The van der Waals surface area contributed by atoms with Crippen LogP contribution >= 0.6 is 34.8 Å². The molecule has 5 nitrogen and oxygen atoms in total. The zero-order valence-corrected chi connectivity index (χ0v) is 9.67. The molecule has 0 aliphatic heterocycles. The lowest BCUT2D eigenvalue weighted by molar-refractivity contribution is 0.201. The van der Waals surface area contributed by atoms with Crippen molar-refractivity contribution in [2.75, 3.05) is 12.8 Å². The third-order valence-corrected chi connectivity index (χ3v) is 3.04. The van der Waals surface area contributed by atoms with Crippen LogP contribution in [0.2, 0.25) is 0 Å². The molecule has 0 aliphatic carbocycles. The minimum Gasteiger partial charge on any atom is -0.388 e. The average Bonchev–Trinajstić information content (AvgIpc) is 1.83. The largest absolute Gasteiger partial charge is 0.388 e. The van der Waals surface area contributed by atoms with E-state index >= 15 is 0 Å². The Bertz CT molecular complexity index is 250. The number of hydrogen-bond donors (Lipinski definition) is 3. The van der Waals surface area contributed by atoms with Crippen molar-refractivity contribution in [3.05, 3.63) is 0 Å². The molecule has 0 saturated carbocycles. The Morgan fingerprint density at radius 3 is 2.23 bits per heavy atom. The lowest BCUT2D eigenvalue weighted by Gasteiger charge is -2.18. The normalized spacial score (nSPS) is 15.8. The first-order valence-electron chi connectivity index (χ1n) is 3.10. The van der Waals surface area contributed by atoms with Crippen LogP contribution < -0.4 is 10.3 Å². The van der Waals surface area contributed by atoms with Crippen LogP contribution in [0.3, 0.4) is 0 Å². The predicted molar refractivity (Wildman–Crippen MR) is 52.3 cm³/mol. The molecule has 0 aromatic heterocycles. The Kier molecular flexibility index (Phi) is 5.24. The van der Waals surface area contributed by atoms with Crippen LogP contribution in [0.15, 0.2) is 0 Å². The van der Waals surface area contributed by atoms with Gasteiger partial charge in [-0.15, -0.1) is 0 Å². The van der Waals surface area contributed by atoms with Crippen molar-refractivity contribution in [3.8, 4) is 0 Å². The molecule has 0 heterocycles. The zero-order valence-electron chi connectivity index (χ0n) is 6.59. The second kappa shape index (κ2) is 4.97. The molecule has 0 amide bonds. The molecule has 0 aromatic rings. The summed E-state index contributed by atoms with van der Waals surface area (Å²) in [6.45, 7) is 0. The minimum atomic E-state index is -3.68. The summed E-state index contributed by atoms with van der Waals surface area (Å²) in [5.41, 5.74) is 2.19. The van der Waals surface area contributed by atoms with Gasteiger partial charge in [0, 0.05) is 0 Å². The first kappa shape index (κ1) is 13.7. The van der Waals surface area contributed by atoms with Crippen LogP contribution in [0.1, 0.15) is 0 Å². The number of sulfonamides is 1. The summed E-state index contributed by atoms with van der Waals surface area (Å²) in [5, 5.41) is 9.11. The summed E-state index contributed by atoms with van der Waals surface area (Å²) < 4.78 is 19.9. The maximum Gasteiger partial charge on any atom is 0.226 e. The van der Waals surface area contributed by atoms with Gasteiger partial charge in [-0.1, -0.05) is 34.8 Å². The average molecular weight is 272 g/mol. The number of halogens is 3. The van der Waals surface area contributed by atoms with E-state index in [4.69, 9.17) is 39.9 Å². The van der Waals surface area contributed by atoms with Crippen molar-refractivity contribution < 1.29 is 13.5 Å². The van der Waals surface area contributed by atoms with Crippen molar-refractivity contribution in [1.29, 1.82) is 0 Å². The van der Waals surface area contributed by atoms with Crippen LogP contribution in [-0.4, -0.2) is 36.2 Å². The standard InChI is InChI=1S/C4H9Cl3N2O3S/c1-8-9-13(11,12)2-3(10)4(5,6)7/h3,8-10H,2H2,1H3/t3-/m1/s1. The molecular weight excluding hydrogens is 262 g/mol. The summed E-state index contributed by atoms with van der Waals surface area (Å²) in [7, 11) is -2.32. The molecule has 0 aliphatic rings. The number of hydrogen-bond acceptors (Lipinski definition) is 4. The molecule has 0 aromatic carbocycles. The topological polar surface area (TPSA) is 78.4 Å². The molecular formula is C4H9Cl3N2O3S. The zero-order chi connectivity index (χ0) is 10.7. The predicted octanol–water partition coefficient (Wildman–Crippen LogP) is -0.229. The summed E-state index contributed by atoms with van der Waals surface area (Å²) in [6.07, 6.45) is -1.58. The fourth-order valence-corrected chi connectivity index (χ4v) is 2.07. The van der Waals surface area contributed by atoms with Gasteiger partial charge in [0.05, 0.1) is 5.75 Å². The third-order valence-electron chi connectivity index (χ3n) is 1.01. The second-order valence-electron chi connectivity index (χ2n) is 2.19. The number of hydrazine groups is 1. The van der Waals surface area contributed by atoms with E-state index in [1.165, 1.54) is 7.05 Å². The van der Waals surface area contributed by atoms with Gasteiger partial charge in [-0.3, -0.25) is 0 Å². The van der Waals surface area contributed by atoms with Gasteiger partial charge in [-0.25, -0.2) is 13.8 Å². The van der Waals surface area contributed by atoms with E-state index in [-0.39, 0.29) is 0 Å². The van der Waals surface area contributed by atoms with E-state index < -0.39 is 25.7 Å². The Morgan fingerprint density at radius 1 is 1.46 bits per heavy atom. The lowest BCUT2D eigenvalue weighted by atomic mass is 10.5. The Hall–Kier alpha value is 0.700. The monoisotopic (exact) mass is 270 g/mol. The maximum atomic E-state index is 11.0. The van der Waals surface area contributed by atoms with Crippen LogP contribution in [0.5, 0.6) is 0 Å². The van der Waals surface area contributed by atoms with Gasteiger partial charge in [0.1, 0.15) is 6.10 Å². The fourth-order valence-electron chi connectivity index (χ4n) is 0.499. The van der Waals surface area contributed by atoms with Gasteiger partial charge in [0.2, 0.25) is 13.8 Å². The minimum absolute atomic E-state index is 0.690. The van der Waals surface area contributed by atoms with Crippen molar-refractivity contribution in [3.63, 3.8) is 0 Å². The Labute approximate surface area is 91.4 Å². The SMILES string of the molecule is CNNS(=O)(=O)C[C@@H](O)C(Cl)(Cl)Cl. The Balaban J connectivity index is 4.29. The molecule has 0 bridgehead atoms. The van der Waals surface area contributed by atoms with Crippen LogP contribution in [0.4, 0.5) is 0 Å². The van der Waals surface area contributed by atoms with Gasteiger partial charge in [0.15, 0.2) is 0 Å². The van der Waals surface area contributed by atoms with Crippen LogP contribution in [-0.2, 0) is 10.0 Å². The highest BCUT2D eigenvalue weighted by atomic mass is 35.6. The number of alkyl halides is 3. The third kappa shape index (κ3) is 5.90. The summed E-state index contributed by atoms with van der Waals surface area (Å²) in [6, 6.07) is 0. The molecule has 0 fully saturated rings. The molecule has 1 atom stereocenters. The summed E-state index contributed by atoms with van der Waals surface area (Å²) in [5.74, 6) is -0.690. The summed E-state index contributed by atoms with van der Waals surface area (Å²) >= 11 is 15.8. The van der Waals surface area contributed by atoms with Gasteiger partial charge in [-0.05, 0) is 7.05 Å². The van der Waals surface area contributed by atoms with Crippen molar-refractivity contribution >= 4 is 44.8 Å². The highest BCUT2D eigenvalue weighted by molar-refractivity contribution is 7.89. The molecule has 0 spiro atoms. The van der Waals surface area contributed by atoms with Crippen molar-refractivity contribution in [1.82, 2.24) is 10.3 Å². The van der Waals surface area contributed by atoms with E-state index in [0.29, 0.717) is 0 Å². The van der Waals surface area contributed by atoms with E-state index in [2.05, 4.69) is 5.43 Å². The van der Waals surface area contributed by atoms with Crippen LogP contribution in [0, 0.1) is 0 Å². The van der Waals surface area contributed by atoms with Crippen molar-refractivity contribution in [2.45, 2.75) is 9.90 Å². The molecule has 3 N–H and O–H groups in total. The molecule has 9 heteroatoms. The number of aliphatic hydroxyl groups excluding tert-OH is 1. The first-order chi connectivity index (χ1) is 5.69. The van der Waals surface area contributed by atoms with E-state index in [9.17, 15) is 8.42 Å². The molecule has 13 heavy (non-hydrogen) atoms. The highest BCUT2D eigenvalue weighted by Crippen LogP contribution is 2.30.